The molecule has 1 fully saturated rings. The average Bonchev–Trinajstić information content (AvgIpc) is 3.23. The smallest absolute Gasteiger partial charge is 0.224 e. The van der Waals surface area contributed by atoms with Crippen molar-refractivity contribution >= 4 is 28.2 Å². The summed E-state index contributed by atoms with van der Waals surface area (Å²) in [5, 5.41) is 4.09. The van der Waals surface area contributed by atoms with E-state index >= 15 is 0 Å². The van der Waals surface area contributed by atoms with Gasteiger partial charge in [0.15, 0.2) is 0 Å². The van der Waals surface area contributed by atoms with Gasteiger partial charge in [0.1, 0.15) is 5.82 Å². The number of aryl methyl sites for hydroxylation is 1. The molecule has 3 aromatic carbocycles. The average molecular weight is 444 g/mol. The molecule has 1 aromatic heterocycles. The first-order chi connectivity index (χ1) is 16.2. The highest BCUT2D eigenvalue weighted by molar-refractivity contribution is 5.94. The number of para-hydroxylation sites is 1. The van der Waals surface area contributed by atoms with E-state index in [9.17, 15) is 9.18 Å². The molecule has 2 heterocycles. The van der Waals surface area contributed by atoms with E-state index in [1.165, 1.54) is 12.1 Å². The molecule has 0 saturated carbocycles. The lowest BCUT2D eigenvalue weighted by atomic mass is 10.0. The highest BCUT2D eigenvalue weighted by atomic mass is 19.1. The van der Waals surface area contributed by atoms with Crippen molar-refractivity contribution in [2.24, 2.45) is 0 Å². The summed E-state index contributed by atoms with van der Waals surface area (Å²) in [6.45, 7) is 3.25. The Morgan fingerprint density at radius 3 is 2.45 bits per heavy atom. The SMILES string of the molecule is O=C(CCc1c(-c2ccc(F)cc2)[nH]c2ccccc12)Nc1ccc(N2CCOCC2)cc1. The Balaban J connectivity index is 1.29. The minimum absolute atomic E-state index is 0.0375. The number of carbonyl (C=O) groups is 1. The Morgan fingerprint density at radius 2 is 1.70 bits per heavy atom. The molecular formula is C27H26FN3O2. The summed E-state index contributed by atoms with van der Waals surface area (Å²) >= 11 is 0. The minimum atomic E-state index is -0.268. The molecule has 4 aromatic rings. The molecule has 6 heteroatoms. The Bertz CT molecular complexity index is 1240. The van der Waals surface area contributed by atoms with Gasteiger partial charge in [0, 0.05) is 47.5 Å². The van der Waals surface area contributed by atoms with Crippen LogP contribution in [0.5, 0.6) is 0 Å². The van der Waals surface area contributed by atoms with Crippen LogP contribution in [-0.2, 0) is 16.0 Å². The zero-order valence-corrected chi connectivity index (χ0v) is 18.3. The fourth-order valence-electron chi connectivity index (χ4n) is 4.36. The Kier molecular flexibility index (Phi) is 6.09. The van der Waals surface area contributed by atoms with E-state index in [2.05, 4.69) is 21.3 Å². The van der Waals surface area contributed by atoms with Gasteiger partial charge in [0.2, 0.25) is 5.91 Å². The number of aromatic nitrogens is 1. The number of hydrogen-bond donors (Lipinski definition) is 2. The van der Waals surface area contributed by atoms with Gasteiger partial charge in [0.25, 0.3) is 0 Å². The third-order valence-corrected chi connectivity index (χ3v) is 6.08. The molecule has 0 aliphatic carbocycles. The number of rotatable bonds is 6. The molecule has 5 nitrogen and oxygen atoms in total. The van der Waals surface area contributed by atoms with Crippen molar-refractivity contribution in [1.29, 1.82) is 0 Å². The second kappa shape index (κ2) is 9.46. The molecule has 0 radical (unpaired) electrons. The van der Waals surface area contributed by atoms with Gasteiger partial charge >= 0.3 is 0 Å². The summed E-state index contributed by atoms with van der Waals surface area (Å²) in [7, 11) is 0. The van der Waals surface area contributed by atoms with Crippen molar-refractivity contribution in [1.82, 2.24) is 4.98 Å². The summed E-state index contributed by atoms with van der Waals surface area (Å²) in [5.74, 6) is -0.306. The van der Waals surface area contributed by atoms with Gasteiger partial charge in [-0.25, -0.2) is 4.39 Å². The topological polar surface area (TPSA) is 57.4 Å². The van der Waals surface area contributed by atoms with E-state index in [4.69, 9.17) is 4.74 Å². The molecule has 33 heavy (non-hydrogen) atoms. The molecule has 0 atom stereocenters. The zero-order chi connectivity index (χ0) is 22.6. The molecule has 168 valence electrons. The maximum Gasteiger partial charge on any atom is 0.224 e. The molecule has 0 bridgehead atoms. The van der Waals surface area contributed by atoms with Crippen LogP contribution in [-0.4, -0.2) is 37.2 Å². The lowest BCUT2D eigenvalue weighted by molar-refractivity contribution is -0.116. The van der Waals surface area contributed by atoms with Crippen LogP contribution in [0.15, 0.2) is 72.8 Å². The fourth-order valence-corrected chi connectivity index (χ4v) is 4.36. The van der Waals surface area contributed by atoms with Crippen LogP contribution in [0.25, 0.3) is 22.2 Å². The molecule has 0 unspecified atom stereocenters. The lowest BCUT2D eigenvalue weighted by Gasteiger charge is -2.28. The second-order valence-corrected chi connectivity index (χ2v) is 8.23. The number of benzene rings is 3. The van der Waals surface area contributed by atoms with Gasteiger partial charge < -0.3 is 19.9 Å². The van der Waals surface area contributed by atoms with E-state index in [0.717, 1.165) is 65.4 Å². The number of anilines is 2. The molecule has 0 spiro atoms. The lowest BCUT2D eigenvalue weighted by Crippen LogP contribution is -2.36. The third kappa shape index (κ3) is 4.76. The highest BCUT2D eigenvalue weighted by Crippen LogP contribution is 2.31. The van der Waals surface area contributed by atoms with Gasteiger partial charge in [-0.15, -0.1) is 0 Å². The molecule has 1 aliphatic heterocycles. The van der Waals surface area contributed by atoms with Crippen LogP contribution in [0.3, 0.4) is 0 Å². The van der Waals surface area contributed by atoms with Crippen molar-refractivity contribution in [2.75, 3.05) is 36.5 Å². The van der Waals surface area contributed by atoms with Crippen molar-refractivity contribution in [3.05, 3.63) is 84.2 Å². The van der Waals surface area contributed by atoms with Crippen LogP contribution < -0.4 is 10.2 Å². The van der Waals surface area contributed by atoms with E-state index in [1.54, 1.807) is 12.1 Å². The quantitative estimate of drug-likeness (QED) is 0.421. The number of hydrogen-bond acceptors (Lipinski definition) is 3. The first-order valence-electron chi connectivity index (χ1n) is 11.3. The highest BCUT2D eigenvalue weighted by Gasteiger charge is 2.15. The van der Waals surface area contributed by atoms with Crippen molar-refractivity contribution in [3.63, 3.8) is 0 Å². The van der Waals surface area contributed by atoms with Crippen LogP contribution in [0, 0.1) is 5.82 Å². The number of ether oxygens (including phenoxy) is 1. The molecule has 2 N–H and O–H groups in total. The number of H-pyrrole nitrogens is 1. The summed E-state index contributed by atoms with van der Waals surface area (Å²) < 4.78 is 18.8. The number of halogens is 1. The number of morpholine rings is 1. The number of nitrogens with one attached hydrogen (secondary N) is 2. The van der Waals surface area contributed by atoms with Crippen LogP contribution >= 0.6 is 0 Å². The molecule has 1 amide bonds. The van der Waals surface area contributed by atoms with Gasteiger partial charge in [-0.1, -0.05) is 18.2 Å². The predicted octanol–water partition coefficient (Wildman–Crippen LogP) is 5.38. The van der Waals surface area contributed by atoms with E-state index < -0.39 is 0 Å². The van der Waals surface area contributed by atoms with Crippen LogP contribution in [0.2, 0.25) is 0 Å². The van der Waals surface area contributed by atoms with Gasteiger partial charge in [-0.05, 0) is 72.1 Å². The monoisotopic (exact) mass is 443 g/mol. The first kappa shape index (κ1) is 21.2. The number of aromatic amines is 1. The maximum atomic E-state index is 13.4. The van der Waals surface area contributed by atoms with Crippen molar-refractivity contribution in [2.45, 2.75) is 12.8 Å². The minimum Gasteiger partial charge on any atom is -0.378 e. The number of amides is 1. The molecule has 5 rings (SSSR count). The Hall–Kier alpha value is -3.64. The Morgan fingerprint density at radius 1 is 0.970 bits per heavy atom. The van der Waals surface area contributed by atoms with Crippen molar-refractivity contribution < 1.29 is 13.9 Å². The Labute approximate surface area is 192 Å². The number of fused-ring (bicyclic) bond motifs is 1. The summed E-state index contributed by atoms with van der Waals surface area (Å²) in [4.78, 5) is 18.4. The summed E-state index contributed by atoms with van der Waals surface area (Å²) in [5.41, 5.74) is 5.83. The standard InChI is InChI=1S/C27H26FN3O2/c28-20-7-5-19(6-8-20)27-24(23-3-1-2-4-25(23)30-27)13-14-26(32)29-21-9-11-22(12-10-21)31-15-17-33-18-16-31/h1-12,30H,13-18H2,(H,29,32). The van der Waals surface area contributed by atoms with Crippen LogP contribution in [0.4, 0.5) is 15.8 Å². The molecule has 1 aliphatic rings. The largest absolute Gasteiger partial charge is 0.378 e. The van der Waals surface area contributed by atoms with Gasteiger partial charge in [-0.2, -0.15) is 0 Å². The second-order valence-electron chi connectivity index (χ2n) is 8.23. The van der Waals surface area contributed by atoms with E-state index in [-0.39, 0.29) is 11.7 Å². The van der Waals surface area contributed by atoms with E-state index in [1.807, 2.05) is 42.5 Å². The van der Waals surface area contributed by atoms with E-state index in [0.29, 0.717) is 12.8 Å². The normalized spacial score (nSPS) is 13.9. The predicted molar refractivity (Wildman–Crippen MR) is 130 cm³/mol. The fraction of sp³-hybridized carbons (Fsp3) is 0.222. The summed E-state index contributed by atoms with van der Waals surface area (Å²) in [6.07, 6.45) is 0.926. The van der Waals surface area contributed by atoms with Crippen LogP contribution in [0.1, 0.15) is 12.0 Å². The van der Waals surface area contributed by atoms with Gasteiger partial charge in [0.05, 0.1) is 13.2 Å². The number of nitrogens with zero attached hydrogens (tertiary/aromatic N) is 1. The summed E-state index contributed by atoms with van der Waals surface area (Å²) in [6, 6.07) is 22.4. The molecular weight excluding hydrogens is 417 g/mol. The first-order valence-corrected chi connectivity index (χ1v) is 11.3. The maximum absolute atomic E-state index is 13.4. The van der Waals surface area contributed by atoms with Crippen molar-refractivity contribution in [3.8, 4) is 11.3 Å². The molecule has 1 saturated heterocycles. The zero-order valence-electron chi connectivity index (χ0n) is 18.3. The third-order valence-electron chi connectivity index (χ3n) is 6.08. The number of carbonyl (C=O) groups excluding carboxylic acids is 1. The van der Waals surface area contributed by atoms with Gasteiger partial charge in [-0.3, -0.25) is 4.79 Å².